The molecule has 4 rings (SSSR count). The lowest BCUT2D eigenvalue weighted by Gasteiger charge is -2.34. The van der Waals surface area contributed by atoms with Crippen molar-refractivity contribution in [3.8, 4) is 0 Å². The van der Waals surface area contributed by atoms with Gasteiger partial charge in [0.2, 0.25) is 5.91 Å². The van der Waals surface area contributed by atoms with Crippen LogP contribution >= 0.6 is 0 Å². The molecule has 0 radical (unpaired) electrons. The summed E-state index contributed by atoms with van der Waals surface area (Å²) in [5.41, 5.74) is 7.88. The number of nitrogens with one attached hydrogen (secondary N) is 3. The zero-order valence-corrected chi connectivity index (χ0v) is 19.0. The van der Waals surface area contributed by atoms with Gasteiger partial charge >= 0.3 is 5.97 Å². The number of carboxylic acids is 1. The molecule has 1 aliphatic heterocycles. The van der Waals surface area contributed by atoms with E-state index in [1.165, 1.54) is 12.3 Å². The number of benzene rings is 1. The number of anilines is 3. The summed E-state index contributed by atoms with van der Waals surface area (Å²) in [4.78, 5) is 39.7. The van der Waals surface area contributed by atoms with Crippen LogP contribution < -0.4 is 21.3 Å². The molecule has 0 saturated carbocycles. The molecular formula is C23H28N8O3. The number of primary amides is 1. The van der Waals surface area contributed by atoms with E-state index in [0.29, 0.717) is 17.3 Å². The van der Waals surface area contributed by atoms with Gasteiger partial charge < -0.3 is 36.3 Å². The zero-order valence-electron chi connectivity index (χ0n) is 19.0. The molecule has 0 spiro atoms. The number of hydrogen-bond donors (Lipinski definition) is 5. The summed E-state index contributed by atoms with van der Waals surface area (Å²) in [5.74, 6) is -0.710. The highest BCUT2D eigenvalue weighted by atomic mass is 16.4. The van der Waals surface area contributed by atoms with E-state index in [1.54, 1.807) is 12.4 Å². The largest absolute Gasteiger partial charge is 0.478 e. The van der Waals surface area contributed by atoms with E-state index in [9.17, 15) is 14.7 Å². The summed E-state index contributed by atoms with van der Waals surface area (Å²) in [5, 5.41) is 16.6. The van der Waals surface area contributed by atoms with Gasteiger partial charge in [0.05, 0.1) is 23.7 Å². The first-order valence-corrected chi connectivity index (χ1v) is 10.9. The minimum atomic E-state index is -1.09. The molecule has 3 aromatic rings. The van der Waals surface area contributed by atoms with Crippen LogP contribution in [0.15, 0.2) is 48.9 Å². The molecule has 0 aliphatic carbocycles. The molecule has 178 valence electrons. The number of hydrogen-bond acceptors (Lipinski definition) is 8. The van der Waals surface area contributed by atoms with Gasteiger partial charge in [0.15, 0.2) is 5.82 Å². The molecule has 0 saturated heterocycles. The third-order valence-electron chi connectivity index (χ3n) is 5.64. The van der Waals surface area contributed by atoms with Crippen LogP contribution in [0.1, 0.15) is 40.4 Å². The molecule has 2 atom stereocenters. The summed E-state index contributed by atoms with van der Waals surface area (Å²) >= 11 is 0. The second-order valence-electron chi connectivity index (χ2n) is 8.33. The lowest BCUT2D eigenvalue weighted by molar-refractivity contribution is -0.118. The fourth-order valence-electron chi connectivity index (χ4n) is 4.09. The van der Waals surface area contributed by atoms with Gasteiger partial charge in [-0.1, -0.05) is 12.1 Å². The second kappa shape index (κ2) is 9.79. The minimum absolute atomic E-state index is 0.0662. The molecule has 1 aliphatic rings. The Morgan fingerprint density at radius 3 is 2.59 bits per heavy atom. The van der Waals surface area contributed by atoms with Gasteiger partial charge in [0.25, 0.3) is 0 Å². The molecule has 2 unspecified atom stereocenters. The zero-order chi connectivity index (χ0) is 24.2. The molecule has 0 bridgehead atoms. The molecule has 1 amide bonds. The van der Waals surface area contributed by atoms with Crippen LogP contribution in [0.5, 0.6) is 0 Å². The van der Waals surface area contributed by atoms with Crippen LogP contribution in [0.3, 0.4) is 0 Å². The first-order valence-electron chi connectivity index (χ1n) is 10.9. The maximum absolute atomic E-state index is 12.1. The van der Waals surface area contributed by atoms with Crippen LogP contribution in [0, 0.1) is 0 Å². The maximum atomic E-state index is 12.1. The van der Waals surface area contributed by atoms with Crippen molar-refractivity contribution in [2.45, 2.75) is 18.6 Å². The Bertz CT molecular complexity index is 1150. The quantitative estimate of drug-likeness (QED) is 0.303. The number of rotatable bonds is 10. The fourth-order valence-corrected chi connectivity index (χ4v) is 4.09. The van der Waals surface area contributed by atoms with Gasteiger partial charge in [-0.15, -0.1) is 0 Å². The standard InChI is InChI=1S/C23H28N8O3/c1-30(2)12-11-25-15-5-3-14(4-6-15)22-29-21-19(16(23(33)34)7-8-26-21)31(22)17(13-18(24)32)20-27-9-10-28-20/h3-10,17,22,25H,11-13H2,1-2H3,(H2,24,32)(H,26,29)(H,27,28)(H,33,34). The summed E-state index contributed by atoms with van der Waals surface area (Å²) < 4.78 is 0. The van der Waals surface area contributed by atoms with Gasteiger partial charge in [-0.05, 0) is 37.9 Å². The average Bonchev–Trinajstić information content (AvgIpc) is 3.46. The highest BCUT2D eigenvalue weighted by Gasteiger charge is 2.40. The van der Waals surface area contributed by atoms with Crippen LogP contribution in [0.25, 0.3) is 0 Å². The summed E-state index contributed by atoms with van der Waals surface area (Å²) in [6, 6.07) is 8.66. The number of amides is 1. The molecule has 34 heavy (non-hydrogen) atoms. The molecule has 2 aromatic heterocycles. The van der Waals surface area contributed by atoms with E-state index in [-0.39, 0.29) is 12.0 Å². The van der Waals surface area contributed by atoms with Crippen molar-refractivity contribution >= 4 is 29.1 Å². The van der Waals surface area contributed by atoms with Crippen LogP contribution in [-0.2, 0) is 4.79 Å². The number of H-pyrrole nitrogens is 1. The van der Waals surface area contributed by atoms with Crippen molar-refractivity contribution < 1.29 is 14.7 Å². The molecule has 11 nitrogen and oxygen atoms in total. The highest BCUT2D eigenvalue weighted by Crippen LogP contribution is 2.47. The number of carbonyl (C=O) groups is 2. The molecule has 11 heteroatoms. The molecule has 3 heterocycles. The van der Waals surface area contributed by atoms with Gasteiger partial charge in [-0.2, -0.15) is 0 Å². The number of aromatic amines is 1. The number of nitrogens with zero attached hydrogens (tertiary/aromatic N) is 4. The normalized spacial score (nSPS) is 15.6. The maximum Gasteiger partial charge on any atom is 0.338 e. The number of likely N-dealkylation sites (N-methyl/N-ethyl adjacent to an activating group) is 1. The van der Waals surface area contributed by atoms with E-state index in [0.717, 1.165) is 24.3 Å². The van der Waals surface area contributed by atoms with Crippen molar-refractivity contribution in [2.24, 2.45) is 5.73 Å². The molecule has 1 aromatic carbocycles. The Balaban J connectivity index is 1.73. The van der Waals surface area contributed by atoms with E-state index < -0.39 is 24.1 Å². The monoisotopic (exact) mass is 464 g/mol. The van der Waals surface area contributed by atoms with Crippen molar-refractivity contribution in [3.63, 3.8) is 0 Å². The van der Waals surface area contributed by atoms with Crippen molar-refractivity contribution in [1.82, 2.24) is 19.9 Å². The van der Waals surface area contributed by atoms with Crippen molar-refractivity contribution in [1.29, 1.82) is 0 Å². The minimum Gasteiger partial charge on any atom is -0.478 e. The van der Waals surface area contributed by atoms with Crippen LogP contribution in [0.4, 0.5) is 17.2 Å². The van der Waals surface area contributed by atoms with Crippen molar-refractivity contribution in [3.05, 3.63) is 65.9 Å². The summed E-state index contributed by atoms with van der Waals surface area (Å²) in [6.45, 7) is 1.70. The Labute approximate surface area is 197 Å². The lowest BCUT2D eigenvalue weighted by Crippen LogP contribution is -2.36. The van der Waals surface area contributed by atoms with Crippen molar-refractivity contribution in [2.75, 3.05) is 42.7 Å². The van der Waals surface area contributed by atoms with Gasteiger partial charge in [0, 0.05) is 37.4 Å². The number of aromatic nitrogens is 3. The number of fused-ring (bicyclic) bond motifs is 1. The first kappa shape index (κ1) is 23.1. The predicted molar refractivity (Wildman–Crippen MR) is 129 cm³/mol. The molecule has 0 fully saturated rings. The molecule has 6 N–H and O–H groups in total. The number of imidazole rings is 1. The SMILES string of the molecule is CN(C)CCNc1ccc(C2Nc3nccc(C(=O)O)c3N2C(CC(N)=O)c2ncc[nH]2)cc1. The topological polar surface area (TPSA) is 152 Å². The number of carbonyl (C=O) groups excluding carboxylic acids is 1. The van der Waals surface area contributed by atoms with Gasteiger partial charge in [-0.3, -0.25) is 4.79 Å². The molecular weight excluding hydrogens is 436 g/mol. The summed E-state index contributed by atoms with van der Waals surface area (Å²) in [7, 11) is 4.04. The van der Waals surface area contributed by atoms with Gasteiger partial charge in [-0.25, -0.2) is 14.8 Å². The Morgan fingerprint density at radius 1 is 1.21 bits per heavy atom. The smallest absolute Gasteiger partial charge is 0.338 e. The Morgan fingerprint density at radius 2 is 1.97 bits per heavy atom. The van der Waals surface area contributed by atoms with E-state index in [1.807, 2.05) is 43.3 Å². The third kappa shape index (κ3) is 4.79. The lowest BCUT2D eigenvalue weighted by atomic mass is 10.0. The summed E-state index contributed by atoms with van der Waals surface area (Å²) in [6.07, 6.45) is 4.12. The number of aromatic carboxylic acids is 1. The second-order valence-corrected chi connectivity index (χ2v) is 8.33. The Hall–Kier alpha value is -4.12. The van der Waals surface area contributed by atoms with E-state index in [4.69, 9.17) is 5.73 Å². The fraction of sp³-hybridized carbons (Fsp3) is 0.304. The van der Waals surface area contributed by atoms with E-state index >= 15 is 0 Å². The van der Waals surface area contributed by atoms with Crippen LogP contribution in [-0.4, -0.2) is 64.0 Å². The predicted octanol–water partition coefficient (Wildman–Crippen LogP) is 2.02. The average molecular weight is 465 g/mol. The Kier molecular flexibility index (Phi) is 6.64. The van der Waals surface area contributed by atoms with Gasteiger partial charge in [0.1, 0.15) is 12.0 Å². The van der Waals surface area contributed by atoms with Crippen LogP contribution in [0.2, 0.25) is 0 Å². The first-order chi connectivity index (χ1) is 16.3. The third-order valence-corrected chi connectivity index (χ3v) is 5.64. The number of nitrogens with two attached hydrogens (primary N) is 1. The highest BCUT2D eigenvalue weighted by molar-refractivity contribution is 5.99. The number of pyridine rings is 1. The van der Waals surface area contributed by atoms with E-state index in [2.05, 4.69) is 30.5 Å². The number of carboxylic acid groups (broad SMARTS) is 1.